The molecule has 3 nitrogen and oxygen atoms in total. The van der Waals surface area contributed by atoms with Crippen LogP contribution in [-0.2, 0) is 16.2 Å². The summed E-state index contributed by atoms with van der Waals surface area (Å²) in [6.07, 6.45) is 2.32. The lowest BCUT2D eigenvalue weighted by Gasteiger charge is -2.56. The first kappa shape index (κ1) is 40.7. The highest BCUT2D eigenvalue weighted by molar-refractivity contribution is 7.00. The van der Waals surface area contributed by atoms with Gasteiger partial charge in [-0.1, -0.05) is 176 Å². The zero-order valence-electron chi connectivity index (χ0n) is 39.7. The van der Waals surface area contributed by atoms with Crippen LogP contribution in [0.2, 0.25) is 0 Å². The molecule has 8 aromatic rings. The average molecular weight is 856 g/mol. The van der Waals surface area contributed by atoms with E-state index in [0.29, 0.717) is 0 Å². The Bertz CT molecular complexity index is 3200. The van der Waals surface area contributed by atoms with Crippen LogP contribution < -0.4 is 31.1 Å². The monoisotopic (exact) mass is 855 g/mol. The first-order chi connectivity index (χ1) is 31.7. The van der Waals surface area contributed by atoms with E-state index in [1.165, 1.54) is 102 Å². The van der Waals surface area contributed by atoms with Gasteiger partial charge < -0.3 is 14.7 Å². The Morgan fingerprint density at radius 2 is 0.894 bits per heavy atom. The highest BCUT2D eigenvalue weighted by Crippen LogP contribution is 2.65. The fourth-order valence-corrected chi connectivity index (χ4v) is 12.0. The number of nitrogens with zero attached hydrogens (tertiary/aromatic N) is 3. The fraction of sp³-hybridized carbons (Fsp3) is 0.226. The number of benzene rings is 8. The molecule has 8 aromatic carbocycles. The van der Waals surface area contributed by atoms with E-state index in [4.69, 9.17) is 0 Å². The lowest BCUT2D eigenvalue weighted by atomic mass is 9.33. The normalized spacial score (nSPS) is 19.1. The molecule has 2 unspecified atom stereocenters. The molecule has 4 heteroatoms. The summed E-state index contributed by atoms with van der Waals surface area (Å²) in [5, 5.41) is 0. The van der Waals surface area contributed by atoms with Gasteiger partial charge in [0.05, 0.1) is 5.54 Å². The number of anilines is 8. The van der Waals surface area contributed by atoms with Crippen molar-refractivity contribution in [1.29, 1.82) is 0 Å². The van der Waals surface area contributed by atoms with Crippen molar-refractivity contribution in [2.24, 2.45) is 0 Å². The zero-order valence-corrected chi connectivity index (χ0v) is 39.7. The van der Waals surface area contributed by atoms with E-state index in [-0.39, 0.29) is 28.5 Å². The van der Waals surface area contributed by atoms with Crippen molar-refractivity contribution in [2.75, 3.05) is 14.7 Å². The largest absolute Gasteiger partial charge is 0.334 e. The van der Waals surface area contributed by atoms with Crippen molar-refractivity contribution in [3.8, 4) is 22.3 Å². The van der Waals surface area contributed by atoms with Crippen LogP contribution in [0.3, 0.4) is 0 Å². The second-order valence-electron chi connectivity index (χ2n) is 21.8. The topological polar surface area (TPSA) is 9.72 Å². The standard InChI is InChI=1S/C62H58BN3/c1-59(2,3)45-26-31-48(32-27-45)65-55-34-28-46(60(4,5)6)38-52(55)63-51-37-44(42-19-13-10-14-20-42)25-33-54(51)64(47-29-23-43(24-30-47)41-17-11-9-12-18-41)56-39-49(40-57(65)58(56)63)66-53-22-16-15-21-50(53)61(7)35-36-62(61,66)8/h9-34,37-40H,35-36H2,1-8H3. The Hall–Kier alpha value is -6.78. The highest BCUT2D eigenvalue weighted by atomic mass is 15.3. The van der Waals surface area contributed by atoms with Crippen molar-refractivity contribution < 1.29 is 0 Å². The maximum Gasteiger partial charge on any atom is 0.252 e. The summed E-state index contributed by atoms with van der Waals surface area (Å²) in [7, 11) is 0. The van der Waals surface area contributed by atoms with E-state index in [1.807, 2.05) is 0 Å². The predicted molar refractivity (Wildman–Crippen MR) is 282 cm³/mol. The fourth-order valence-electron chi connectivity index (χ4n) is 12.0. The molecule has 1 saturated carbocycles. The third kappa shape index (κ3) is 5.96. The van der Waals surface area contributed by atoms with E-state index < -0.39 is 0 Å². The Morgan fingerprint density at radius 1 is 0.409 bits per heavy atom. The van der Waals surface area contributed by atoms with Crippen LogP contribution in [0.25, 0.3) is 22.3 Å². The number of fused-ring (bicyclic) bond motifs is 7. The van der Waals surface area contributed by atoms with Crippen molar-refractivity contribution in [3.63, 3.8) is 0 Å². The van der Waals surface area contributed by atoms with Gasteiger partial charge in [0, 0.05) is 50.9 Å². The third-order valence-corrected chi connectivity index (χ3v) is 16.0. The molecule has 0 saturated heterocycles. The van der Waals surface area contributed by atoms with Crippen molar-refractivity contribution in [2.45, 2.75) is 90.0 Å². The lowest BCUT2D eigenvalue weighted by Crippen LogP contribution is -2.62. The van der Waals surface area contributed by atoms with Crippen molar-refractivity contribution >= 4 is 68.6 Å². The molecule has 0 spiro atoms. The van der Waals surface area contributed by atoms with Gasteiger partial charge in [0.2, 0.25) is 0 Å². The lowest BCUT2D eigenvalue weighted by molar-refractivity contribution is 0.133. The second-order valence-corrected chi connectivity index (χ2v) is 21.8. The Morgan fingerprint density at radius 3 is 1.47 bits per heavy atom. The van der Waals surface area contributed by atoms with Gasteiger partial charge in [-0.2, -0.15) is 0 Å². The molecular formula is C62H58BN3. The maximum absolute atomic E-state index is 2.72. The van der Waals surface area contributed by atoms with Gasteiger partial charge in [-0.15, -0.1) is 0 Å². The molecule has 0 radical (unpaired) electrons. The molecule has 2 atom stereocenters. The smallest absolute Gasteiger partial charge is 0.252 e. The van der Waals surface area contributed by atoms with Gasteiger partial charge in [-0.25, -0.2) is 0 Å². The number of para-hydroxylation sites is 1. The number of rotatable bonds is 5. The van der Waals surface area contributed by atoms with E-state index in [9.17, 15) is 0 Å². The highest BCUT2D eigenvalue weighted by Gasteiger charge is 2.63. The third-order valence-electron chi connectivity index (χ3n) is 16.0. The zero-order chi connectivity index (χ0) is 45.3. The second kappa shape index (κ2) is 14.4. The predicted octanol–water partition coefficient (Wildman–Crippen LogP) is 14.7. The maximum atomic E-state index is 2.72. The van der Waals surface area contributed by atoms with Gasteiger partial charge in [-0.3, -0.25) is 0 Å². The molecule has 3 aliphatic heterocycles. The van der Waals surface area contributed by atoms with E-state index in [2.05, 4.69) is 252 Å². The van der Waals surface area contributed by atoms with Crippen LogP contribution >= 0.6 is 0 Å². The first-order valence-corrected chi connectivity index (χ1v) is 24.0. The Labute approximate surface area is 392 Å². The summed E-state index contributed by atoms with van der Waals surface area (Å²) in [6, 6.07) is 69.3. The number of hydrogen-bond donors (Lipinski definition) is 0. The van der Waals surface area contributed by atoms with Gasteiger partial charge >= 0.3 is 0 Å². The van der Waals surface area contributed by atoms with Gasteiger partial charge in [0.1, 0.15) is 0 Å². The molecule has 0 amide bonds. The summed E-state index contributed by atoms with van der Waals surface area (Å²) < 4.78 is 0. The molecular weight excluding hydrogens is 798 g/mol. The summed E-state index contributed by atoms with van der Waals surface area (Å²) in [4.78, 5) is 7.91. The van der Waals surface area contributed by atoms with Crippen molar-refractivity contribution in [3.05, 3.63) is 199 Å². The molecule has 1 fully saturated rings. The molecule has 0 bridgehead atoms. The quantitative estimate of drug-likeness (QED) is 0.160. The molecule has 0 aromatic heterocycles. The molecule has 0 N–H and O–H groups in total. The minimum absolute atomic E-state index is 0.0135. The average Bonchev–Trinajstić information content (AvgIpc) is 3.45. The molecule has 3 heterocycles. The minimum atomic E-state index is -0.0657. The molecule has 1 aliphatic carbocycles. The van der Waals surface area contributed by atoms with E-state index in [0.717, 1.165) is 12.1 Å². The van der Waals surface area contributed by atoms with E-state index >= 15 is 0 Å². The van der Waals surface area contributed by atoms with E-state index in [1.54, 1.807) is 0 Å². The number of hydrogen-bond acceptors (Lipinski definition) is 3. The summed E-state index contributed by atoms with van der Waals surface area (Å²) in [5.41, 5.74) is 22.9. The van der Waals surface area contributed by atoms with Gasteiger partial charge in [0.15, 0.2) is 0 Å². The van der Waals surface area contributed by atoms with Gasteiger partial charge in [-0.05, 0) is 141 Å². The first-order valence-electron chi connectivity index (χ1n) is 24.0. The molecule has 12 rings (SSSR count). The Kier molecular flexibility index (Phi) is 8.86. The minimum Gasteiger partial charge on any atom is -0.334 e. The molecule has 324 valence electrons. The Balaban J connectivity index is 1.18. The van der Waals surface area contributed by atoms with Gasteiger partial charge in [0.25, 0.3) is 6.71 Å². The van der Waals surface area contributed by atoms with Crippen LogP contribution in [0.15, 0.2) is 182 Å². The van der Waals surface area contributed by atoms with Crippen LogP contribution in [0, 0.1) is 0 Å². The van der Waals surface area contributed by atoms with Crippen molar-refractivity contribution in [1.82, 2.24) is 0 Å². The van der Waals surface area contributed by atoms with Crippen LogP contribution in [0.5, 0.6) is 0 Å². The van der Waals surface area contributed by atoms with Crippen LogP contribution in [0.1, 0.15) is 84.9 Å². The van der Waals surface area contributed by atoms with Crippen LogP contribution in [0.4, 0.5) is 45.5 Å². The molecule has 66 heavy (non-hydrogen) atoms. The van der Waals surface area contributed by atoms with Crippen LogP contribution in [-0.4, -0.2) is 12.3 Å². The summed E-state index contributed by atoms with van der Waals surface area (Å²) >= 11 is 0. The molecule has 4 aliphatic rings. The summed E-state index contributed by atoms with van der Waals surface area (Å²) in [5.74, 6) is 0. The summed E-state index contributed by atoms with van der Waals surface area (Å²) in [6.45, 7) is 19.0. The SMILES string of the molecule is CC(C)(C)c1ccc(N2c3ccc(C(C)(C)C)cc3B3c4cc(-c5ccccc5)ccc4N(c4ccc(-c5ccccc5)cc4)c4cc(N5c6ccccc6C6(C)CCC56C)cc2c43)cc1.